The van der Waals surface area contributed by atoms with Gasteiger partial charge in [-0.3, -0.25) is 0 Å². The van der Waals surface area contributed by atoms with E-state index in [2.05, 4.69) is 35.9 Å². The Morgan fingerprint density at radius 1 is 1.50 bits per heavy atom. The molecule has 4 heteroatoms. The highest BCUT2D eigenvalue weighted by molar-refractivity contribution is 7.80. The fraction of sp³-hybridized carbons (Fsp3) is 0.500. The Kier molecular flexibility index (Phi) is 4.90. The predicted octanol–water partition coefficient (Wildman–Crippen LogP) is 2.37. The lowest BCUT2D eigenvalue weighted by molar-refractivity contribution is 0.619. The molecule has 0 bridgehead atoms. The molecule has 1 aromatic heterocycles. The Labute approximate surface area is 94.7 Å². The summed E-state index contributed by atoms with van der Waals surface area (Å²) in [7, 11) is 0. The highest BCUT2D eigenvalue weighted by atomic mass is 32.1. The Morgan fingerprint density at radius 3 is 2.86 bits per heavy atom. The molecule has 1 heterocycles. The van der Waals surface area contributed by atoms with Crippen molar-refractivity contribution in [2.75, 3.05) is 6.54 Å². The molecule has 14 heavy (non-hydrogen) atoms. The maximum atomic E-state index is 5.13. The molecule has 0 radical (unpaired) electrons. The van der Waals surface area contributed by atoms with Crippen LogP contribution in [0.5, 0.6) is 0 Å². The van der Waals surface area contributed by atoms with Crippen molar-refractivity contribution in [2.45, 2.75) is 20.4 Å². The fourth-order valence-corrected chi connectivity index (χ4v) is 1.74. The third kappa shape index (κ3) is 4.58. The van der Waals surface area contributed by atoms with Gasteiger partial charge in [-0.05, 0) is 29.6 Å². The molecule has 0 fully saturated rings. The number of rotatable bonds is 4. The Bertz CT molecular complexity index is 268. The summed E-state index contributed by atoms with van der Waals surface area (Å²) < 4.78 is 0. The maximum Gasteiger partial charge on any atom is 0.166 e. The third-order valence-corrected chi connectivity index (χ3v) is 2.84. The van der Waals surface area contributed by atoms with Crippen LogP contribution in [0.15, 0.2) is 17.5 Å². The molecule has 0 saturated carbocycles. The SMILES string of the molecule is CC(C)CNC(=S)NCc1cccs1. The minimum absolute atomic E-state index is 0.622. The fourth-order valence-electron chi connectivity index (χ4n) is 0.940. The molecule has 1 rings (SSSR count). The molecule has 0 spiro atoms. The average Bonchev–Trinajstić information content (AvgIpc) is 2.63. The summed E-state index contributed by atoms with van der Waals surface area (Å²) in [6.07, 6.45) is 0. The van der Waals surface area contributed by atoms with Gasteiger partial charge in [0.1, 0.15) is 0 Å². The average molecular weight is 228 g/mol. The zero-order valence-electron chi connectivity index (χ0n) is 8.54. The van der Waals surface area contributed by atoms with Crippen molar-refractivity contribution in [3.8, 4) is 0 Å². The van der Waals surface area contributed by atoms with Crippen LogP contribution in [0.25, 0.3) is 0 Å². The van der Waals surface area contributed by atoms with Crippen LogP contribution in [0, 0.1) is 5.92 Å². The lowest BCUT2D eigenvalue weighted by Gasteiger charge is -2.11. The van der Waals surface area contributed by atoms with Gasteiger partial charge in [0.15, 0.2) is 5.11 Å². The lowest BCUT2D eigenvalue weighted by atomic mass is 10.2. The maximum absolute atomic E-state index is 5.13. The van der Waals surface area contributed by atoms with Crippen LogP contribution < -0.4 is 10.6 Å². The monoisotopic (exact) mass is 228 g/mol. The zero-order chi connectivity index (χ0) is 10.4. The quantitative estimate of drug-likeness (QED) is 0.774. The van der Waals surface area contributed by atoms with Crippen molar-refractivity contribution in [2.24, 2.45) is 5.92 Å². The summed E-state index contributed by atoms with van der Waals surface area (Å²) in [5.74, 6) is 0.622. The summed E-state index contributed by atoms with van der Waals surface area (Å²) in [4.78, 5) is 1.30. The first-order valence-electron chi connectivity index (χ1n) is 4.72. The molecule has 1 aromatic rings. The van der Waals surface area contributed by atoms with Gasteiger partial charge in [-0.2, -0.15) is 0 Å². The van der Waals surface area contributed by atoms with Gasteiger partial charge in [-0.15, -0.1) is 11.3 Å². The minimum atomic E-state index is 0.622. The topological polar surface area (TPSA) is 24.1 Å². The second kappa shape index (κ2) is 5.98. The highest BCUT2D eigenvalue weighted by Crippen LogP contribution is 2.06. The number of hydrogen-bond acceptors (Lipinski definition) is 2. The van der Waals surface area contributed by atoms with E-state index in [1.54, 1.807) is 11.3 Å². The molecular formula is C10H16N2S2. The van der Waals surface area contributed by atoms with Crippen molar-refractivity contribution in [1.29, 1.82) is 0 Å². The van der Waals surface area contributed by atoms with Crippen LogP contribution in [0.2, 0.25) is 0 Å². The van der Waals surface area contributed by atoms with Gasteiger partial charge in [-0.1, -0.05) is 19.9 Å². The van der Waals surface area contributed by atoms with E-state index in [-0.39, 0.29) is 0 Å². The molecule has 0 atom stereocenters. The first-order chi connectivity index (χ1) is 6.68. The van der Waals surface area contributed by atoms with E-state index in [0.29, 0.717) is 5.92 Å². The Hall–Kier alpha value is -0.610. The number of nitrogens with one attached hydrogen (secondary N) is 2. The van der Waals surface area contributed by atoms with E-state index < -0.39 is 0 Å². The lowest BCUT2D eigenvalue weighted by Crippen LogP contribution is -2.36. The van der Waals surface area contributed by atoms with E-state index in [9.17, 15) is 0 Å². The predicted molar refractivity (Wildman–Crippen MR) is 66.6 cm³/mol. The van der Waals surface area contributed by atoms with E-state index in [0.717, 1.165) is 18.2 Å². The molecule has 0 aromatic carbocycles. The normalized spacial score (nSPS) is 10.2. The standard InChI is InChI=1S/C10H16N2S2/c1-8(2)6-11-10(13)12-7-9-4-3-5-14-9/h3-5,8H,6-7H2,1-2H3,(H2,11,12,13). The van der Waals surface area contributed by atoms with E-state index in [1.165, 1.54) is 4.88 Å². The van der Waals surface area contributed by atoms with Crippen LogP contribution in [-0.2, 0) is 6.54 Å². The van der Waals surface area contributed by atoms with E-state index in [4.69, 9.17) is 12.2 Å². The number of hydrogen-bond donors (Lipinski definition) is 2. The summed E-state index contributed by atoms with van der Waals surface area (Å²) in [6, 6.07) is 4.15. The highest BCUT2D eigenvalue weighted by Gasteiger charge is 1.98. The Balaban J connectivity index is 2.15. The molecule has 0 saturated heterocycles. The van der Waals surface area contributed by atoms with Crippen molar-refractivity contribution in [1.82, 2.24) is 10.6 Å². The zero-order valence-corrected chi connectivity index (χ0v) is 10.2. The van der Waals surface area contributed by atoms with E-state index in [1.807, 2.05) is 6.07 Å². The van der Waals surface area contributed by atoms with Crippen LogP contribution in [0.3, 0.4) is 0 Å². The summed E-state index contributed by atoms with van der Waals surface area (Å²) in [5.41, 5.74) is 0. The van der Waals surface area contributed by atoms with Crippen LogP contribution in [-0.4, -0.2) is 11.7 Å². The molecule has 2 N–H and O–H groups in total. The van der Waals surface area contributed by atoms with Gasteiger partial charge in [0.05, 0.1) is 6.54 Å². The first kappa shape index (κ1) is 11.5. The molecule has 0 aliphatic rings. The Morgan fingerprint density at radius 2 is 2.29 bits per heavy atom. The number of thiophene rings is 1. The van der Waals surface area contributed by atoms with Crippen molar-refractivity contribution in [3.05, 3.63) is 22.4 Å². The van der Waals surface area contributed by atoms with Gasteiger partial charge in [0.25, 0.3) is 0 Å². The van der Waals surface area contributed by atoms with Crippen LogP contribution >= 0.6 is 23.6 Å². The molecule has 0 amide bonds. The van der Waals surface area contributed by atoms with Gasteiger partial charge < -0.3 is 10.6 Å². The summed E-state index contributed by atoms with van der Waals surface area (Å²) in [5, 5.41) is 9.15. The molecule has 0 unspecified atom stereocenters. The van der Waals surface area contributed by atoms with Gasteiger partial charge in [-0.25, -0.2) is 0 Å². The summed E-state index contributed by atoms with van der Waals surface area (Å²) in [6.45, 7) is 6.07. The van der Waals surface area contributed by atoms with E-state index >= 15 is 0 Å². The molecular weight excluding hydrogens is 212 g/mol. The van der Waals surface area contributed by atoms with Crippen molar-refractivity contribution >= 4 is 28.7 Å². The molecule has 78 valence electrons. The third-order valence-electron chi connectivity index (χ3n) is 1.67. The minimum Gasteiger partial charge on any atom is -0.362 e. The summed E-state index contributed by atoms with van der Waals surface area (Å²) >= 11 is 6.87. The molecule has 0 aliphatic heterocycles. The van der Waals surface area contributed by atoms with Crippen LogP contribution in [0.1, 0.15) is 18.7 Å². The van der Waals surface area contributed by atoms with Gasteiger partial charge >= 0.3 is 0 Å². The van der Waals surface area contributed by atoms with Crippen molar-refractivity contribution in [3.63, 3.8) is 0 Å². The van der Waals surface area contributed by atoms with Gasteiger partial charge in [0.2, 0.25) is 0 Å². The first-order valence-corrected chi connectivity index (χ1v) is 6.01. The second-order valence-corrected chi connectivity index (χ2v) is 4.98. The smallest absolute Gasteiger partial charge is 0.166 e. The van der Waals surface area contributed by atoms with Crippen LogP contribution in [0.4, 0.5) is 0 Å². The number of thiocarbonyl (C=S) groups is 1. The molecule has 2 nitrogen and oxygen atoms in total. The second-order valence-electron chi connectivity index (χ2n) is 3.54. The molecule has 0 aliphatic carbocycles. The van der Waals surface area contributed by atoms with Crippen molar-refractivity contribution < 1.29 is 0 Å². The van der Waals surface area contributed by atoms with Gasteiger partial charge in [0, 0.05) is 11.4 Å². The largest absolute Gasteiger partial charge is 0.362 e.